The van der Waals surface area contributed by atoms with Gasteiger partial charge in [-0.1, -0.05) is 0 Å². The van der Waals surface area contributed by atoms with Crippen molar-refractivity contribution in [1.82, 2.24) is 0 Å². The fourth-order valence-electron chi connectivity index (χ4n) is 1.41. The molecule has 0 spiro atoms. The van der Waals surface area contributed by atoms with Crippen LogP contribution in [-0.2, 0) is 0 Å². The highest BCUT2D eigenvalue weighted by Gasteiger charge is 2.14. The molecule has 0 aliphatic rings. The molecule has 0 saturated carbocycles. The van der Waals surface area contributed by atoms with Gasteiger partial charge in [-0.05, 0) is 35.0 Å². The second kappa shape index (κ2) is 3.13. The number of hydrogen-bond donors (Lipinski definition) is 1. The zero-order valence-electron chi connectivity index (χ0n) is 7.37. The first-order chi connectivity index (χ1) is 6.65. The SMILES string of the molecule is Cc1c(C=O)oc2ccc(O)c(Br)c12. The third kappa shape index (κ3) is 1.14. The standard InChI is InChI=1S/C10H7BrO3/c1-5-8(4-12)14-7-3-2-6(13)10(11)9(5)7/h2-4,13H,1H3. The maximum absolute atomic E-state index is 10.6. The van der Waals surface area contributed by atoms with E-state index in [0.717, 1.165) is 10.9 Å². The van der Waals surface area contributed by atoms with Crippen molar-refractivity contribution in [3.05, 3.63) is 27.9 Å². The second-order valence-corrected chi connectivity index (χ2v) is 3.77. The molecular formula is C10H7BrO3. The van der Waals surface area contributed by atoms with Gasteiger partial charge >= 0.3 is 0 Å². The molecule has 2 rings (SSSR count). The van der Waals surface area contributed by atoms with Crippen LogP contribution in [0.2, 0.25) is 0 Å². The van der Waals surface area contributed by atoms with E-state index in [-0.39, 0.29) is 5.75 Å². The van der Waals surface area contributed by atoms with Crippen LogP contribution in [0.25, 0.3) is 11.0 Å². The lowest BCUT2D eigenvalue weighted by atomic mass is 10.1. The molecule has 0 aliphatic heterocycles. The van der Waals surface area contributed by atoms with Gasteiger partial charge in [0.1, 0.15) is 11.3 Å². The van der Waals surface area contributed by atoms with Crippen LogP contribution in [0.1, 0.15) is 16.1 Å². The molecule has 0 amide bonds. The predicted molar refractivity (Wildman–Crippen MR) is 55.7 cm³/mol. The number of carbonyl (C=O) groups excluding carboxylic acids is 1. The monoisotopic (exact) mass is 254 g/mol. The quantitative estimate of drug-likeness (QED) is 0.797. The summed E-state index contributed by atoms with van der Waals surface area (Å²) < 4.78 is 5.83. The van der Waals surface area contributed by atoms with Crippen LogP contribution in [-0.4, -0.2) is 11.4 Å². The summed E-state index contributed by atoms with van der Waals surface area (Å²) in [6.07, 6.45) is 0.665. The first-order valence-electron chi connectivity index (χ1n) is 4.01. The van der Waals surface area contributed by atoms with E-state index in [2.05, 4.69) is 15.9 Å². The van der Waals surface area contributed by atoms with Gasteiger partial charge in [-0.15, -0.1) is 0 Å². The minimum Gasteiger partial charge on any atom is -0.507 e. The number of phenolic OH excluding ortho intramolecular Hbond substituents is 1. The van der Waals surface area contributed by atoms with E-state index in [0.29, 0.717) is 22.1 Å². The van der Waals surface area contributed by atoms with E-state index in [1.54, 1.807) is 13.0 Å². The summed E-state index contributed by atoms with van der Waals surface area (Å²) in [5.41, 5.74) is 1.33. The Labute approximate surface area is 88.5 Å². The molecule has 0 aliphatic carbocycles. The summed E-state index contributed by atoms with van der Waals surface area (Å²) in [6, 6.07) is 3.15. The van der Waals surface area contributed by atoms with Gasteiger partial charge in [-0.25, -0.2) is 0 Å². The minimum absolute atomic E-state index is 0.138. The Balaban J connectivity index is 2.93. The van der Waals surface area contributed by atoms with Gasteiger partial charge in [0.05, 0.1) is 4.47 Å². The Morgan fingerprint density at radius 2 is 2.21 bits per heavy atom. The first-order valence-corrected chi connectivity index (χ1v) is 4.80. The predicted octanol–water partition coefficient (Wildman–Crippen LogP) is 3.02. The summed E-state index contributed by atoms with van der Waals surface area (Å²) in [6.45, 7) is 1.78. The second-order valence-electron chi connectivity index (χ2n) is 2.98. The fraction of sp³-hybridized carbons (Fsp3) is 0.100. The molecule has 0 bridgehead atoms. The van der Waals surface area contributed by atoms with Gasteiger partial charge in [-0.3, -0.25) is 4.79 Å². The van der Waals surface area contributed by atoms with Crippen molar-refractivity contribution in [2.75, 3.05) is 0 Å². The van der Waals surface area contributed by atoms with Gasteiger partial charge in [-0.2, -0.15) is 0 Å². The third-order valence-electron chi connectivity index (χ3n) is 2.15. The number of furan rings is 1. The van der Waals surface area contributed by atoms with Gasteiger partial charge in [0.25, 0.3) is 0 Å². The molecule has 0 saturated heterocycles. The molecule has 1 N–H and O–H groups in total. The summed E-state index contributed by atoms with van der Waals surface area (Å²) >= 11 is 3.25. The van der Waals surface area contributed by atoms with Crippen LogP contribution >= 0.6 is 15.9 Å². The molecule has 2 aromatic rings. The molecule has 0 unspecified atom stereocenters. The number of rotatable bonds is 1. The van der Waals surface area contributed by atoms with E-state index in [4.69, 9.17) is 4.42 Å². The molecule has 1 aromatic heterocycles. The van der Waals surface area contributed by atoms with Crippen LogP contribution in [0.15, 0.2) is 21.0 Å². The number of fused-ring (bicyclic) bond motifs is 1. The van der Waals surface area contributed by atoms with Crippen LogP contribution in [0.5, 0.6) is 5.75 Å². The van der Waals surface area contributed by atoms with Crippen molar-refractivity contribution in [3.8, 4) is 5.75 Å². The van der Waals surface area contributed by atoms with Crippen molar-refractivity contribution >= 4 is 33.2 Å². The smallest absolute Gasteiger partial charge is 0.185 e. The Kier molecular flexibility index (Phi) is 2.07. The summed E-state index contributed by atoms with van der Waals surface area (Å²) in [5.74, 6) is 0.435. The van der Waals surface area contributed by atoms with Crippen LogP contribution in [0.3, 0.4) is 0 Å². The zero-order chi connectivity index (χ0) is 10.3. The molecular weight excluding hydrogens is 248 g/mol. The lowest BCUT2D eigenvalue weighted by molar-refractivity contribution is 0.110. The number of halogens is 1. The van der Waals surface area contributed by atoms with Gasteiger partial charge in [0.2, 0.25) is 0 Å². The number of aromatic hydroxyl groups is 1. The molecule has 0 fully saturated rings. The average molecular weight is 255 g/mol. The molecule has 0 radical (unpaired) electrons. The average Bonchev–Trinajstić information content (AvgIpc) is 2.50. The molecule has 4 heteroatoms. The third-order valence-corrected chi connectivity index (χ3v) is 2.96. The van der Waals surface area contributed by atoms with E-state index >= 15 is 0 Å². The topological polar surface area (TPSA) is 50.4 Å². The summed E-state index contributed by atoms with van der Waals surface area (Å²) in [7, 11) is 0. The van der Waals surface area contributed by atoms with Crippen LogP contribution in [0.4, 0.5) is 0 Å². The van der Waals surface area contributed by atoms with Crippen molar-refractivity contribution in [2.45, 2.75) is 6.92 Å². The lowest BCUT2D eigenvalue weighted by Crippen LogP contribution is -1.78. The minimum atomic E-state index is 0.138. The molecule has 1 aromatic carbocycles. The highest BCUT2D eigenvalue weighted by Crippen LogP contribution is 2.36. The fourth-order valence-corrected chi connectivity index (χ4v) is 2.04. The lowest BCUT2D eigenvalue weighted by Gasteiger charge is -1.97. The highest BCUT2D eigenvalue weighted by atomic mass is 79.9. The van der Waals surface area contributed by atoms with Crippen molar-refractivity contribution in [2.24, 2.45) is 0 Å². The maximum atomic E-state index is 10.6. The molecule has 72 valence electrons. The van der Waals surface area contributed by atoms with Crippen molar-refractivity contribution < 1.29 is 14.3 Å². The van der Waals surface area contributed by atoms with Gasteiger partial charge in [0.15, 0.2) is 12.0 Å². The summed E-state index contributed by atoms with van der Waals surface area (Å²) in [5, 5.41) is 10.2. The van der Waals surface area contributed by atoms with E-state index in [1.807, 2.05) is 0 Å². The molecule has 3 nitrogen and oxygen atoms in total. The number of phenols is 1. The van der Waals surface area contributed by atoms with Crippen LogP contribution in [0, 0.1) is 6.92 Å². The van der Waals surface area contributed by atoms with Crippen LogP contribution < -0.4 is 0 Å². The molecule has 0 atom stereocenters. The number of benzene rings is 1. The molecule has 14 heavy (non-hydrogen) atoms. The van der Waals surface area contributed by atoms with E-state index < -0.39 is 0 Å². The first kappa shape index (κ1) is 9.27. The van der Waals surface area contributed by atoms with Crippen molar-refractivity contribution in [3.63, 3.8) is 0 Å². The number of hydrogen-bond acceptors (Lipinski definition) is 3. The number of aldehydes is 1. The Morgan fingerprint density at radius 3 is 2.86 bits per heavy atom. The Morgan fingerprint density at radius 1 is 1.50 bits per heavy atom. The number of aryl methyl sites for hydroxylation is 1. The zero-order valence-corrected chi connectivity index (χ0v) is 8.96. The maximum Gasteiger partial charge on any atom is 0.185 e. The Hall–Kier alpha value is -1.29. The highest BCUT2D eigenvalue weighted by molar-refractivity contribution is 9.10. The van der Waals surface area contributed by atoms with E-state index in [9.17, 15) is 9.90 Å². The largest absolute Gasteiger partial charge is 0.507 e. The van der Waals surface area contributed by atoms with Gasteiger partial charge in [0, 0.05) is 10.9 Å². The van der Waals surface area contributed by atoms with Gasteiger partial charge < -0.3 is 9.52 Å². The normalized spacial score (nSPS) is 10.7. The van der Waals surface area contributed by atoms with E-state index in [1.165, 1.54) is 6.07 Å². The van der Waals surface area contributed by atoms with Crippen molar-refractivity contribution in [1.29, 1.82) is 0 Å². The number of carbonyl (C=O) groups is 1. The Bertz CT molecular complexity index is 514. The summed E-state index contributed by atoms with van der Waals surface area (Å²) in [4.78, 5) is 10.6. The molecule has 1 heterocycles.